The minimum atomic E-state index is -4.20. The van der Waals surface area contributed by atoms with E-state index in [1.807, 2.05) is 6.92 Å². The average molecular weight is 266 g/mol. The van der Waals surface area contributed by atoms with Crippen molar-refractivity contribution < 1.29 is 18.0 Å². The normalized spacial score (nSPS) is 22.6. The number of piperidine rings is 1. The quantitative estimate of drug-likeness (QED) is 0.800. The second-order valence-corrected chi connectivity index (χ2v) is 5.00. The van der Waals surface area contributed by atoms with E-state index in [9.17, 15) is 18.0 Å². The lowest BCUT2D eigenvalue weighted by atomic mass is 9.85. The number of carbonyl (C=O) groups is 1. The number of amides is 1. The fourth-order valence-corrected chi connectivity index (χ4v) is 2.24. The Hall–Kier alpha value is -0.780. The molecule has 2 N–H and O–H groups in total. The lowest BCUT2D eigenvalue weighted by molar-refractivity contribution is -0.135. The van der Waals surface area contributed by atoms with Gasteiger partial charge in [0.05, 0.1) is 6.42 Å². The van der Waals surface area contributed by atoms with Crippen LogP contribution < -0.4 is 10.6 Å². The second-order valence-electron chi connectivity index (χ2n) is 5.00. The van der Waals surface area contributed by atoms with Gasteiger partial charge in [0.25, 0.3) is 0 Å². The third-order valence-corrected chi connectivity index (χ3v) is 3.38. The highest BCUT2D eigenvalue weighted by Crippen LogP contribution is 2.22. The summed E-state index contributed by atoms with van der Waals surface area (Å²) in [5, 5.41) is 5.60. The maximum absolute atomic E-state index is 11.9. The molecule has 2 atom stereocenters. The fraction of sp³-hybridized carbons (Fsp3) is 0.917. The van der Waals surface area contributed by atoms with Gasteiger partial charge in [-0.3, -0.25) is 4.79 Å². The summed E-state index contributed by atoms with van der Waals surface area (Å²) in [7, 11) is 0. The van der Waals surface area contributed by atoms with Crippen molar-refractivity contribution in [3.05, 3.63) is 0 Å². The zero-order valence-electron chi connectivity index (χ0n) is 10.6. The molecule has 1 heterocycles. The first-order valence-electron chi connectivity index (χ1n) is 6.42. The van der Waals surface area contributed by atoms with E-state index in [0.717, 1.165) is 25.9 Å². The van der Waals surface area contributed by atoms with Crippen molar-refractivity contribution in [1.29, 1.82) is 0 Å². The zero-order chi connectivity index (χ0) is 13.6. The topological polar surface area (TPSA) is 41.1 Å². The van der Waals surface area contributed by atoms with Crippen LogP contribution in [0.15, 0.2) is 0 Å². The van der Waals surface area contributed by atoms with E-state index < -0.39 is 12.6 Å². The van der Waals surface area contributed by atoms with E-state index in [1.54, 1.807) is 0 Å². The van der Waals surface area contributed by atoms with Crippen LogP contribution in [-0.4, -0.2) is 31.7 Å². The summed E-state index contributed by atoms with van der Waals surface area (Å²) < 4.78 is 35.7. The van der Waals surface area contributed by atoms with Gasteiger partial charge in [-0.15, -0.1) is 0 Å². The zero-order valence-corrected chi connectivity index (χ0v) is 10.6. The van der Waals surface area contributed by atoms with Crippen molar-refractivity contribution in [3.8, 4) is 0 Å². The molecule has 0 saturated carbocycles. The van der Waals surface area contributed by atoms with Gasteiger partial charge in [-0.1, -0.05) is 6.92 Å². The molecule has 2 unspecified atom stereocenters. The van der Waals surface area contributed by atoms with Gasteiger partial charge in [0.1, 0.15) is 0 Å². The van der Waals surface area contributed by atoms with Crippen LogP contribution >= 0.6 is 0 Å². The average Bonchev–Trinajstić information content (AvgIpc) is 2.28. The van der Waals surface area contributed by atoms with Crippen molar-refractivity contribution in [2.24, 2.45) is 11.8 Å². The SMILES string of the molecule is CC(CC(=O)NCCC(F)(F)F)C1CCCNC1. The van der Waals surface area contributed by atoms with E-state index in [-0.39, 0.29) is 18.4 Å². The van der Waals surface area contributed by atoms with E-state index in [2.05, 4.69) is 10.6 Å². The molecule has 0 radical (unpaired) electrons. The number of alkyl halides is 3. The number of nitrogens with one attached hydrogen (secondary N) is 2. The molecule has 1 saturated heterocycles. The molecule has 18 heavy (non-hydrogen) atoms. The molecule has 1 amide bonds. The largest absolute Gasteiger partial charge is 0.390 e. The van der Waals surface area contributed by atoms with Gasteiger partial charge < -0.3 is 10.6 Å². The number of hydrogen-bond acceptors (Lipinski definition) is 2. The molecule has 0 aromatic heterocycles. The van der Waals surface area contributed by atoms with Crippen LogP contribution in [0.4, 0.5) is 13.2 Å². The number of hydrogen-bond donors (Lipinski definition) is 2. The number of rotatable bonds is 5. The van der Waals surface area contributed by atoms with Crippen LogP contribution in [0, 0.1) is 11.8 Å². The van der Waals surface area contributed by atoms with E-state index in [0.29, 0.717) is 12.3 Å². The summed E-state index contributed by atoms with van der Waals surface area (Å²) in [6.07, 6.45) is -2.66. The predicted octanol–water partition coefficient (Wildman–Crippen LogP) is 2.08. The van der Waals surface area contributed by atoms with Crippen molar-refractivity contribution in [2.45, 2.75) is 38.8 Å². The summed E-state index contributed by atoms with van der Waals surface area (Å²) in [6, 6.07) is 0. The van der Waals surface area contributed by atoms with Crippen LogP contribution in [0.3, 0.4) is 0 Å². The Morgan fingerprint density at radius 2 is 2.22 bits per heavy atom. The highest BCUT2D eigenvalue weighted by atomic mass is 19.4. The standard InChI is InChI=1S/C12H21F3N2O/c1-9(10-3-2-5-16-8-10)7-11(18)17-6-4-12(13,14)15/h9-10,16H,2-8H2,1H3,(H,17,18). The molecule has 1 rings (SSSR count). The molecule has 1 fully saturated rings. The highest BCUT2D eigenvalue weighted by molar-refractivity contribution is 5.76. The minimum absolute atomic E-state index is 0.212. The molecule has 0 bridgehead atoms. The smallest absolute Gasteiger partial charge is 0.356 e. The Labute approximate surface area is 106 Å². The lowest BCUT2D eigenvalue weighted by Gasteiger charge is -2.28. The summed E-state index contributed by atoms with van der Waals surface area (Å²) in [6.45, 7) is 3.58. The highest BCUT2D eigenvalue weighted by Gasteiger charge is 2.27. The van der Waals surface area contributed by atoms with E-state index in [1.165, 1.54) is 0 Å². The van der Waals surface area contributed by atoms with Gasteiger partial charge in [0.15, 0.2) is 0 Å². The molecule has 1 aliphatic heterocycles. The van der Waals surface area contributed by atoms with Gasteiger partial charge in [-0.25, -0.2) is 0 Å². The number of halogens is 3. The molecule has 3 nitrogen and oxygen atoms in total. The Morgan fingerprint density at radius 1 is 1.50 bits per heavy atom. The molecule has 106 valence electrons. The molecule has 0 aromatic carbocycles. The van der Waals surface area contributed by atoms with Gasteiger partial charge in [0.2, 0.25) is 5.91 Å². The third kappa shape index (κ3) is 6.23. The monoisotopic (exact) mass is 266 g/mol. The first-order chi connectivity index (χ1) is 8.38. The Bertz CT molecular complexity index is 263. The molecule has 0 spiro atoms. The fourth-order valence-electron chi connectivity index (χ4n) is 2.24. The van der Waals surface area contributed by atoms with Crippen LogP contribution in [-0.2, 0) is 4.79 Å². The summed E-state index contributed by atoms with van der Waals surface area (Å²) in [5.74, 6) is 0.383. The first kappa shape index (κ1) is 15.3. The van der Waals surface area contributed by atoms with Gasteiger partial charge >= 0.3 is 6.18 Å². The minimum Gasteiger partial charge on any atom is -0.356 e. The van der Waals surface area contributed by atoms with Crippen LogP contribution in [0.1, 0.15) is 32.6 Å². The lowest BCUT2D eigenvalue weighted by Crippen LogP contribution is -2.36. The van der Waals surface area contributed by atoms with Gasteiger partial charge in [0, 0.05) is 13.0 Å². The Morgan fingerprint density at radius 3 is 2.78 bits per heavy atom. The molecule has 6 heteroatoms. The van der Waals surface area contributed by atoms with Crippen molar-refractivity contribution in [2.75, 3.05) is 19.6 Å². The molecular weight excluding hydrogens is 245 g/mol. The summed E-state index contributed by atoms with van der Waals surface area (Å²) >= 11 is 0. The molecular formula is C12H21F3N2O. The second kappa shape index (κ2) is 6.97. The van der Waals surface area contributed by atoms with Crippen LogP contribution in [0.2, 0.25) is 0 Å². The van der Waals surface area contributed by atoms with E-state index in [4.69, 9.17) is 0 Å². The van der Waals surface area contributed by atoms with Crippen LogP contribution in [0.5, 0.6) is 0 Å². The maximum Gasteiger partial charge on any atom is 0.390 e. The van der Waals surface area contributed by atoms with Gasteiger partial charge in [-0.2, -0.15) is 13.2 Å². The Balaban J connectivity index is 2.18. The first-order valence-corrected chi connectivity index (χ1v) is 6.42. The Kier molecular flexibility index (Phi) is 5.91. The van der Waals surface area contributed by atoms with Crippen molar-refractivity contribution in [3.63, 3.8) is 0 Å². The summed E-state index contributed by atoms with van der Waals surface area (Å²) in [5.41, 5.74) is 0. The molecule has 1 aliphatic rings. The van der Waals surface area contributed by atoms with Gasteiger partial charge in [-0.05, 0) is 37.8 Å². The van der Waals surface area contributed by atoms with Crippen molar-refractivity contribution >= 4 is 5.91 Å². The predicted molar refractivity (Wildman–Crippen MR) is 63.1 cm³/mol. The van der Waals surface area contributed by atoms with E-state index >= 15 is 0 Å². The summed E-state index contributed by atoms with van der Waals surface area (Å²) in [4.78, 5) is 11.5. The van der Waals surface area contributed by atoms with Crippen LogP contribution in [0.25, 0.3) is 0 Å². The number of carbonyl (C=O) groups excluding carboxylic acids is 1. The maximum atomic E-state index is 11.9. The third-order valence-electron chi connectivity index (χ3n) is 3.38. The van der Waals surface area contributed by atoms with Crippen molar-refractivity contribution in [1.82, 2.24) is 10.6 Å². The molecule has 0 aliphatic carbocycles. The molecule has 0 aromatic rings.